The Kier molecular flexibility index (Phi) is 4.98. The first kappa shape index (κ1) is 13.6. The Hall–Kier alpha value is -1.81. The molecule has 1 aromatic heterocycles. The lowest BCUT2D eigenvalue weighted by Crippen LogP contribution is -2.19. The van der Waals surface area contributed by atoms with E-state index in [0.717, 1.165) is 31.0 Å². The van der Waals surface area contributed by atoms with Gasteiger partial charge in [-0.1, -0.05) is 25.1 Å². The van der Waals surface area contributed by atoms with Gasteiger partial charge in [0.25, 0.3) is 0 Å². The number of benzene rings is 1. The summed E-state index contributed by atoms with van der Waals surface area (Å²) in [6, 6.07) is 9.71. The highest BCUT2D eigenvalue weighted by Crippen LogP contribution is 2.14. The number of aryl methyl sites for hydroxylation is 1. The Labute approximate surface area is 114 Å². The molecule has 0 fully saturated rings. The van der Waals surface area contributed by atoms with E-state index in [9.17, 15) is 0 Å². The van der Waals surface area contributed by atoms with E-state index >= 15 is 0 Å². The molecular formula is C15H21N3O. The Morgan fingerprint density at radius 1 is 1.32 bits per heavy atom. The van der Waals surface area contributed by atoms with Gasteiger partial charge >= 0.3 is 0 Å². The van der Waals surface area contributed by atoms with Gasteiger partial charge in [0.1, 0.15) is 11.6 Å². The lowest BCUT2D eigenvalue weighted by molar-refractivity contribution is 0.295. The number of aromatic nitrogens is 2. The van der Waals surface area contributed by atoms with Crippen LogP contribution in [0.15, 0.2) is 42.7 Å². The Bertz CT molecular complexity index is 481. The third-order valence-electron chi connectivity index (χ3n) is 2.98. The normalized spacial score (nSPS) is 12.3. The number of nitrogens with two attached hydrogens (primary N) is 1. The van der Waals surface area contributed by atoms with Crippen molar-refractivity contribution in [2.75, 3.05) is 6.61 Å². The first-order valence-corrected chi connectivity index (χ1v) is 6.75. The average Bonchev–Trinajstić information content (AvgIpc) is 2.89. The summed E-state index contributed by atoms with van der Waals surface area (Å²) in [5.74, 6) is 1.82. The fourth-order valence-corrected chi connectivity index (χ4v) is 2.03. The fourth-order valence-electron chi connectivity index (χ4n) is 2.03. The summed E-state index contributed by atoms with van der Waals surface area (Å²) in [4.78, 5) is 4.34. The number of ether oxygens (including phenoxy) is 1. The lowest BCUT2D eigenvalue weighted by Gasteiger charge is -2.14. The monoisotopic (exact) mass is 259 g/mol. The minimum atomic E-state index is -0.0785. The standard InChI is InChI=1S/C15H21N3O/c1-2-10-18-11-9-17-15(18)14(16)8-12-19-13-6-4-3-5-7-13/h3-7,9,11,14H,2,8,10,12,16H2,1H3. The Morgan fingerprint density at radius 2 is 2.11 bits per heavy atom. The molecule has 19 heavy (non-hydrogen) atoms. The van der Waals surface area contributed by atoms with Crippen molar-refractivity contribution in [1.29, 1.82) is 0 Å². The molecule has 0 aliphatic rings. The smallest absolute Gasteiger partial charge is 0.125 e. The molecule has 0 aliphatic heterocycles. The molecule has 0 bridgehead atoms. The number of nitrogens with zero attached hydrogens (tertiary/aromatic N) is 2. The van der Waals surface area contributed by atoms with Crippen LogP contribution >= 0.6 is 0 Å². The average molecular weight is 259 g/mol. The molecule has 1 aromatic carbocycles. The van der Waals surface area contributed by atoms with E-state index in [1.165, 1.54) is 0 Å². The molecule has 0 spiro atoms. The third-order valence-corrected chi connectivity index (χ3v) is 2.98. The minimum absolute atomic E-state index is 0.0785. The summed E-state index contributed by atoms with van der Waals surface area (Å²) in [6.45, 7) is 3.71. The van der Waals surface area contributed by atoms with E-state index in [-0.39, 0.29) is 6.04 Å². The van der Waals surface area contributed by atoms with Crippen molar-refractivity contribution in [2.24, 2.45) is 5.73 Å². The molecule has 102 valence electrons. The van der Waals surface area contributed by atoms with Crippen LogP contribution in [-0.4, -0.2) is 16.2 Å². The number of hydrogen-bond acceptors (Lipinski definition) is 3. The molecule has 4 heteroatoms. The molecule has 0 radical (unpaired) electrons. The van der Waals surface area contributed by atoms with E-state index < -0.39 is 0 Å². The lowest BCUT2D eigenvalue weighted by atomic mass is 10.2. The molecule has 0 saturated heterocycles. The molecular weight excluding hydrogens is 238 g/mol. The number of para-hydroxylation sites is 1. The van der Waals surface area contributed by atoms with Crippen LogP contribution in [-0.2, 0) is 6.54 Å². The fraction of sp³-hybridized carbons (Fsp3) is 0.400. The summed E-state index contributed by atoms with van der Waals surface area (Å²) >= 11 is 0. The summed E-state index contributed by atoms with van der Waals surface area (Å²) < 4.78 is 7.78. The van der Waals surface area contributed by atoms with Crippen molar-refractivity contribution in [3.8, 4) is 5.75 Å². The van der Waals surface area contributed by atoms with Gasteiger partial charge in [0, 0.05) is 25.4 Å². The zero-order valence-corrected chi connectivity index (χ0v) is 11.3. The quantitative estimate of drug-likeness (QED) is 0.831. The number of hydrogen-bond donors (Lipinski definition) is 1. The molecule has 0 amide bonds. The molecule has 2 rings (SSSR count). The van der Waals surface area contributed by atoms with Crippen molar-refractivity contribution in [1.82, 2.24) is 9.55 Å². The third kappa shape index (κ3) is 3.83. The van der Waals surface area contributed by atoms with Crippen LogP contribution in [0, 0.1) is 0 Å². The molecule has 1 atom stereocenters. The van der Waals surface area contributed by atoms with E-state index in [0.29, 0.717) is 6.61 Å². The largest absolute Gasteiger partial charge is 0.494 e. The first-order chi connectivity index (χ1) is 9.31. The maximum atomic E-state index is 6.17. The SMILES string of the molecule is CCCn1ccnc1C(N)CCOc1ccccc1. The van der Waals surface area contributed by atoms with Gasteiger partial charge in [0.2, 0.25) is 0 Å². The van der Waals surface area contributed by atoms with Crippen LogP contribution in [0.25, 0.3) is 0 Å². The van der Waals surface area contributed by atoms with Crippen LogP contribution in [0.4, 0.5) is 0 Å². The van der Waals surface area contributed by atoms with Crippen molar-refractivity contribution in [3.05, 3.63) is 48.5 Å². The summed E-state index contributed by atoms with van der Waals surface area (Å²) in [5.41, 5.74) is 6.17. The number of imidazole rings is 1. The highest BCUT2D eigenvalue weighted by molar-refractivity contribution is 5.20. The van der Waals surface area contributed by atoms with Crippen molar-refractivity contribution < 1.29 is 4.74 Å². The van der Waals surface area contributed by atoms with Crippen LogP contribution in [0.2, 0.25) is 0 Å². The molecule has 1 unspecified atom stereocenters. The Morgan fingerprint density at radius 3 is 2.84 bits per heavy atom. The van der Waals surface area contributed by atoms with Crippen molar-refractivity contribution in [3.63, 3.8) is 0 Å². The van der Waals surface area contributed by atoms with Crippen LogP contribution in [0.3, 0.4) is 0 Å². The summed E-state index contributed by atoms with van der Waals surface area (Å²) in [7, 11) is 0. The van der Waals surface area contributed by atoms with Gasteiger partial charge in [-0.05, 0) is 18.6 Å². The predicted octanol–water partition coefficient (Wildman–Crippen LogP) is 2.76. The van der Waals surface area contributed by atoms with Gasteiger partial charge in [-0.2, -0.15) is 0 Å². The maximum absolute atomic E-state index is 6.17. The topological polar surface area (TPSA) is 53.1 Å². The second-order valence-corrected chi connectivity index (χ2v) is 4.54. The van der Waals surface area contributed by atoms with E-state index in [1.54, 1.807) is 0 Å². The molecule has 4 nitrogen and oxygen atoms in total. The van der Waals surface area contributed by atoms with Crippen molar-refractivity contribution in [2.45, 2.75) is 32.4 Å². The van der Waals surface area contributed by atoms with Crippen molar-refractivity contribution >= 4 is 0 Å². The number of rotatable bonds is 7. The molecule has 2 aromatic rings. The van der Waals surface area contributed by atoms with E-state index in [4.69, 9.17) is 10.5 Å². The van der Waals surface area contributed by atoms with Crippen LogP contribution in [0.1, 0.15) is 31.6 Å². The molecule has 2 N–H and O–H groups in total. The summed E-state index contributed by atoms with van der Waals surface area (Å²) in [5, 5.41) is 0. The van der Waals surface area contributed by atoms with E-state index in [2.05, 4.69) is 16.5 Å². The van der Waals surface area contributed by atoms with Gasteiger partial charge < -0.3 is 15.0 Å². The zero-order chi connectivity index (χ0) is 13.5. The highest BCUT2D eigenvalue weighted by Gasteiger charge is 2.12. The Balaban J connectivity index is 1.84. The molecule has 1 heterocycles. The van der Waals surface area contributed by atoms with Gasteiger partial charge in [0.15, 0.2) is 0 Å². The van der Waals surface area contributed by atoms with Crippen LogP contribution in [0.5, 0.6) is 5.75 Å². The second-order valence-electron chi connectivity index (χ2n) is 4.54. The van der Waals surface area contributed by atoms with Gasteiger partial charge in [-0.3, -0.25) is 0 Å². The summed E-state index contributed by atoms with van der Waals surface area (Å²) in [6.07, 6.45) is 5.63. The predicted molar refractivity (Wildman–Crippen MR) is 76.0 cm³/mol. The molecule has 0 saturated carbocycles. The highest BCUT2D eigenvalue weighted by atomic mass is 16.5. The zero-order valence-electron chi connectivity index (χ0n) is 11.3. The van der Waals surface area contributed by atoms with Gasteiger partial charge in [-0.25, -0.2) is 4.98 Å². The first-order valence-electron chi connectivity index (χ1n) is 6.75. The minimum Gasteiger partial charge on any atom is -0.494 e. The van der Waals surface area contributed by atoms with Gasteiger partial charge in [0.05, 0.1) is 12.6 Å². The van der Waals surface area contributed by atoms with E-state index in [1.807, 2.05) is 42.7 Å². The van der Waals surface area contributed by atoms with Gasteiger partial charge in [-0.15, -0.1) is 0 Å². The van der Waals surface area contributed by atoms with Crippen LogP contribution < -0.4 is 10.5 Å². The maximum Gasteiger partial charge on any atom is 0.125 e. The second kappa shape index (κ2) is 6.95. The molecule has 0 aliphatic carbocycles.